The second-order valence-corrected chi connectivity index (χ2v) is 10.9. The van der Waals surface area contributed by atoms with E-state index in [2.05, 4.69) is 17.4 Å². The van der Waals surface area contributed by atoms with Gasteiger partial charge in [0.05, 0.1) is 12.0 Å². The number of hydrogen-bond acceptors (Lipinski definition) is 5. The number of carbonyl (C=O) groups is 1. The van der Waals surface area contributed by atoms with Gasteiger partial charge in [-0.25, -0.2) is 8.42 Å². The molecule has 8 heteroatoms. The number of hydrogen-bond donors (Lipinski definition) is 1. The first kappa shape index (κ1) is 24.6. The number of aryl methyl sites for hydroxylation is 1. The zero-order chi connectivity index (χ0) is 22.8. The van der Waals surface area contributed by atoms with Crippen molar-refractivity contribution in [1.29, 1.82) is 0 Å². The molecule has 1 heterocycles. The molecule has 32 heavy (non-hydrogen) atoms. The molecule has 0 unspecified atom stereocenters. The van der Waals surface area contributed by atoms with Crippen molar-refractivity contribution in [3.05, 3.63) is 59.7 Å². The first-order valence-corrected chi connectivity index (χ1v) is 13.7. The Bertz CT molecular complexity index is 975. The molecule has 0 spiro atoms. The molecule has 0 aliphatic carbocycles. The van der Waals surface area contributed by atoms with Gasteiger partial charge in [0.15, 0.2) is 0 Å². The zero-order valence-corrected chi connectivity index (χ0v) is 20.2. The molecule has 1 amide bonds. The largest absolute Gasteiger partial charge is 0.496 e. The molecule has 0 aromatic heterocycles. The van der Waals surface area contributed by atoms with Crippen molar-refractivity contribution >= 4 is 27.7 Å². The zero-order valence-electron chi connectivity index (χ0n) is 18.6. The van der Waals surface area contributed by atoms with Crippen molar-refractivity contribution in [3.63, 3.8) is 0 Å². The molecule has 2 aromatic carbocycles. The topological polar surface area (TPSA) is 75.7 Å². The number of benzene rings is 2. The van der Waals surface area contributed by atoms with Crippen LogP contribution in [0, 0.1) is 0 Å². The summed E-state index contributed by atoms with van der Waals surface area (Å²) in [6, 6.07) is 15.2. The minimum Gasteiger partial charge on any atom is -0.496 e. The number of piperidine rings is 1. The van der Waals surface area contributed by atoms with Gasteiger partial charge in [0, 0.05) is 37.6 Å². The Labute approximate surface area is 195 Å². The fourth-order valence-corrected chi connectivity index (χ4v) is 6.12. The van der Waals surface area contributed by atoms with Crippen molar-refractivity contribution in [3.8, 4) is 5.75 Å². The van der Waals surface area contributed by atoms with E-state index in [9.17, 15) is 13.2 Å². The van der Waals surface area contributed by atoms with Crippen LogP contribution in [0.5, 0.6) is 5.75 Å². The normalized spacial score (nSPS) is 14.8. The Morgan fingerprint density at radius 3 is 2.56 bits per heavy atom. The molecular formula is C24H32N2O4S2. The number of rotatable bonds is 11. The molecule has 1 fully saturated rings. The molecule has 1 aliphatic rings. The van der Waals surface area contributed by atoms with Crippen LogP contribution in [0.2, 0.25) is 0 Å². The fraction of sp³-hybridized carbons (Fsp3) is 0.458. The van der Waals surface area contributed by atoms with E-state index in [4.69, 9.17) is 4.74 Å². The summed E-state index contributed by atoms with van der Waals surface area (Å²) in [6.07, 6.45) is 3.57. The Balaban J connectivity index is 1.50. The fourth-order valence-electron chi connectivity index (χ4n) is 3.73. The van der Waals surface area contributed by atoms with Gasteiger partial charge in [-0.3, -0.25) is 4.79 Å². The van der Waals surface area contributed by atoms with Gasteiger partial charge in [0.25, 0.3) is 0 Å². The van der Waals surface area contributed by atoms with Crippen LogP contribution >= 0.6 is 11.8 Å². The van der Waals surface area contributed by atoms with Gasteiger partial charge >= 0.3 is 0 Å². The van der Waals surface area contributed by atoms with E-state index in [0.29, 0.717) is 31.8 Å². The number of thioether (sulfide) groups is 1. The Morgan fingerprint density at radius 2 is 1.84 bits per heavy atom. The molecule has 0 saturated carbocycles. The second-order valence-electron chi connectivity index (χ2n) is 7.83. The third kappa shape index (κ3) is 6.98. The summed E-state index contributed by atoms with van der Waals surface area (Å²) in [6.45, 7) is 1.74. The molecule has 0 bridgehead atoms. The number of nitrogens with zero attached hydrogens (tertiary/aromatic N) is 1. The van der Waals surface area contributed by atoms with Gasteiger partial charge in [0.1, 0.15) is 5.75 Å². The number of amides is 1. The lowest BCUT2D eigenvalue weighted by atomic mass is 10.1. The van der Waals surface area contributed by atoms with Crippen molar-refractivity contribution in [2.24, 2.45) is 0 Å². The van der Waals surface area contributed by atoms with Crippen molar-refractivity contribution in [1.82, 2.24) is 9.62 Å². The van der Waals surface area contributed by atoms with E-state index in [1.807, 2.05) is 18.2 Å². The monoisotopic (exact) mass is 476 g/mol. The lowest BCUT2D eigenvalue weighted by Gasteiger charge is -2.26. The van der Waals surface area contributed by atoms with E-state index in [1.165, 1.54) is 5.56 Å². The number of sulfonamides is 1. The number of ether oxygens (including phenoxy) is 1. The van der Waals surface area contributed by atoms with E-state index in [0.717, 1.165) is 36.3 Å². The summed E-state index contributed by atoms with van der Waals surface area (Å²) in [5.74, 6) is 2.32. The summed E-state index contributed by atoms with van der Waals surface area (Å²) in [5, 5.41) is 2.95. The van der Waals surface area contributed by atoms with Crippen molar-refractivity contribution in [2.75, 3.05) is 32.5 Å². The molecule has 3 rings (SSSR count). The third-order valence-corrected chi connectivity index (χ3v) is 8.43. The summed E-state index contributed by atoms with van der Waals surface area (Å²) in [5.41, 5.74) is 2.01. The maximum Gasteiger partial charge on any atom is 0.243 e. The molecular weight excluding hydrogens is 444 g/mol. The lowest BCUT2D eigenvalue weighted by molar-refractivity contribution is -0.120. The van der Waals surface area contributed by atoms with Gasteiger partial charge in [-0.15, -0.1) is 0 Å². The molecule has 1 N–H and O–H groups in total. The lowest BCUT2D eigenvalue weighted by Crippen LogP contribution is -2.35. The van der Waals surface area contributed by atoms with Crippen LogP contribution in [-0.4, -0.2) is 51.1 Å². The second kappa shape index (κ2) is 12.3. The highest BCUT2D eigenvalue weighted by molar-refractivity contribution is 7.98. The minimum absolute atomic E-state index is 0.0448. The minimum atomic E-state index is -3.52. The van der Waals surface area contributed by atoms with Crippen LogP contribution in [0.4, 0.5) is 0 Å². The average molecular weight is 477 g/mol. The van der Waals surface area contributed by atoms with Crippen LogP contribution in [0.25, 0.3) is 0 Å². The van der Waals surface area contributed by atoms with Gasteiger partial charge in [0.2, 0.25) is 15.9 Å². The van der Waals surface area contributed by atoms with Crippen molar-refractivity contribution in [2.45, 2.75) is 42.8 Å². The van der Waals surface area contributed by atoms with E-state index in [1.54, 1.807) is 41.4 Å². The first-order chi connectivity index (χ1) is 15.5. The predicted molar refractivity (Wildman–Crippen MR) is 130 cm³/mol. The Kier molecular flexibility index (Phi) is 9.44. The highest BCUT2D eigenvalue weighted by Crippen LogP contribution is 2.27. The van der Waals surface area contributed by atoms with Gasteiger partial charge in [-0.05, 0) is 48.6 Å². The molecule has 1 aliphatic heterocycles. The average Bonchev–Trinajstić information content (AvgIpc) is 2.83. The molecule has 1 saturated heterocycles. The molecule has 0 radical (unpaired) electrons. The summed E-state index contributed by atoms with van der Waals surface area (Å²) < 4.78 is 32.9. The maximum absolute atomic E-state index is 13.0. The van der Waals surface area contributed by atoms with Crippen LogP contribution in [0.3, 0.4) is 0 Å². The highest BCUT2D eigenvalue weighted by Gasteiger charge is 2.26. The molecule has 2 aromatic rings. The molecule has 0 atom stereocenters. The highest BCUT2D eigenvalue weighted by atomic mass is 32.2. The summed E-state index contributed by atoms with van der Waals surface area (Å²) >= 11 is 1.78. The first-order valence-electron chi connectivity index (χ1n) is 11.1. The van der Waals surface area contributed by atoms with E-state index >= 15 is 0 Å². The van der Waals surface area contributed by atoms with Gasteiger partial charge < -0.3 is 10.1 Å². The van der Waals surface area contributed by atoms with Crippen LogP contribution in [0.15, 0.2) is 53.4 Å². The van der Waals surface area contributed by atoms with Gasteiger partial charge in [-0.2, -0.15) is 16.1 Å². The maximum atomic E-state index is 13.0. The smallest absolute Gasteiger partial charge is 0.243 e. The molecule has 6 nitrogen and oxygen atoms in total. The third-order valence-electron chi connectivity index (χ3n) is 5.51. The predicted octanol–water partition coefficient (Wildman–Crippen LogP) is 3.85. The van der Waals surface area contributed by atoms with Crippen LogP contribution in [0.1, 0.15) is 36.8 Å². The standard InChI is InChI=1S/C24H32N2O4S2/c1-30-23-12-11-22(32(28,29)26-15-6-3-7-16-26)18-21(23)10-13-24(27)25-14-17-31-19-20-8-4-2-5-9-20/h2,4-5,8-9,11-12,18H,3,6-7,10,13-17,19H2,1H3,(H,25,27). The molecule has 174 valence electrons. The summed E-state index contributed by atoms with van der Waals surface area (Å²) in [7, 11) is -1.96. The van der Waals surface area contributed by atoms with Gasteiger partial charge in [-0.1, -0.05) is 36.8 Å². The van der Waals surface area contributed by atoms with E-state index < -0.39 is 10.0 Å². The van der Waals surface area contributed by atoms with Crippen LogP contribution in [-0.2, 0) is 27.0 Å². The van der Waals surface area contributed by atoms with Crippen LogP contribution < -0.4 is 10.1 Å². The number of carbonyl (C=O) groups excluding carboxylic acids is 1. The van der Waals surface area contributed by atoms with E-state index in [-0.39, 0.29) is 17.2 Å². The number of nitrogens with one attached hydrogen (secondary N) is 1. The number of methoxy groups -OCH3 is 1. The Morgan fingerprint density at radius 1 is 1.09 bits per heavy atom. The Hall–Kier alpha value is -2.03. The SMILES string of the molecule is COc1ccc(S(=O)(=O)N2CCCCC2)cc1CCC(=O)NCCSCc1ccccc1. The summed E-state index contributed by atoms with van der Waals surface area (Å²) in [4.78, 5) is 12.6. The van der Waals surface area contributed by atoms with Crippen molar-refractivity contribution < 1.29 is 17.9 Å². The quantitative estimate of drug-likeness (QED) is 0.499.